The number of carbonyl (C=O) groups excluding carboxylic acids is 1. The van der Waals surface area contributed by atoms with Crippen molar-refractivity contribution in [1.82, 2.24) is 9.88 Å². The monoisotopic (exact) mass is 298 g/mol. The van der Waals surface area contributed by atoms with Gasteiger partial charge in [-0.1, -0.05) is 6.07 Å². The van der Waals surface area contributed by atoms with Crippen LogP contribution in [0.4, 0.5) is 0 Å². The summed E-state index contributed by atoms with van der Waals surface area (Å²) < 4.78 is 5.13. The highest BCUT2D eigenvalue weighted by Crippen LogP contribution is 2.14. The Morgan fingerprint density at radius 2 is 1.86 bits per heavy atom. The lowest BCUT2D eigenvalue weighted by molar-refractivity contribution is 0.0680. The van der Waals surface area contributed by atoms with Crippen molar-refractivity contribution in [3.8, 4) is 0 Å². The van der Waals surface area contributed by atoms with Gasteiger partial charge in [-0.25, -0.2) is 0 Å². The van der Waals surface area contributed by atoms with E-state index in [0.29, 0.717) is 25.3 Å². The molecule has 1 amide bonds. The highest BCUT2D eigenvalue weighted by Gasteiger charge is 2.16. The predicted molar refractivity (Wildman–Crippen MR) is 86.8 cm³/mol. The molecular formula is C18H22N2O2. The van der Waals surface area contributed by atoms with Gasteiger partial charge in [-0.15, -0.1) is 0 Å². The summed E-state index contributed by atoms with van der Waals surface area (Å²) in [5, 5.41) is 0. The normalized spacial score (nSPS) is 10.5. The minimum atomic E-state index is 0.0250. The summed E-state index contributed by atoms with van der Waals surface area (Å²) in [4.78, 5) is 18.6. The van der Waals surface area contributed by atoms with Gasteiger partial charge < -0.3 is 9.64 Å². The van der Waals surface area contributed by atoms with Crippen molar-refractivity contribution in [2.24, 2.45) is 0 Å². The molecule has 4 nitrogen and oxygen atoms in total. The van der Waals surface area contributed by atoms with E-state index in [9.17, 15) is 4.79 Å². The van der Waals surface area contributed by atoms with Gasteiger partial charge in [0.05, 0.1) is 6.61 Å². The van der Waals surface area contributed by atoms with Gasteiger partial charge in [-0.3, -0.25) is 9.78 Å². The smallest absolute Gasteiger partial charge is 0.254 e. The average molecular weight is 298 g/mol. The van der Waals surface area contributed by atoms with Crippen molar-refractivity contribution < 1.29 is 9.53 Å². The zero-order valence-electron chi connectivity index (χ0n) is 13.4. The Kier molecular flexibility index (Phi) is 5.67. The van der Waals surface area contributed by atoms with E-state index in [-0.39, 0.29) is 5.91 Å². The fourth-order valence-corrected chi connectivity index (χ4v) is 2.22. The Morgan fingerprint density at radius 3 is 2.50 bits per heavy atom. The number of methoxy groups -OCH3 is 1. The highest BCUT2D eigenvalue weighted by atomic mass is 16.5. The molecule has 0 aliphatic heterocycles. The Morgan fingerprint density at radius 1 is 1.14 bits per heavy atom. The molecule has 0 bridgehead atoms. The Bertz CT molecular complexity index is 626. The molecule has 0 fully saturated rings. The van der Waals surface area contributed by atoms with Gasteiger partial charge in [0.2, 0.25) is 0 Å². The van der Waals surface area contributed by atoms with Crippen LogP contribution in [-0.4, -0.2) is 36.1 Å². The van der Waals surface area contributed by atoms with Crippen LogP contribution >= 0.6 is 0 Å². The van der Waals surface area contributed by atoms with Crippen molar-refractivity contribution >= 4 is 5.91 Å². The first-order valence-corrected chi connectivity index (χ1v) is 7.36. The number of aryl methyl sites for hydroxylation is 2. The van der Waals surface area contributed by atoms with Gasteiger partial charge in [0.25, 0.3) is 5.91 Å². The third-order valence-corrected chi connectivity index (χ3v) is 3.73. The van der Waals surface area contributed by atoms with Crippen LogP contribution < -0.4 is 0 Å². The van der Waals surface area contributed by atoms with Crippen LogP contribution in [0.3, 0.4) is 0 Å². The first kappa shape index (κ1) is 16.2. The van der Waals surface area contributed by atoms with Gasteiger partial charge in [-0.2, -0.15) is 0 Å². The summed E-state index contributed by atoms with van der Waals surface area (Å²) in [6.45, 7) is 5.70. The fourth-order valence-electron chi connectivity index (χ4n) is 2.22. The summed E-state index contributed by atoms with van der Waals surface area (Å²) in [6, 6.07) is 9.67. The van der Waals surface area contributed by atoms with E-state index in [1.807, 2.05) is 49.1 Å². The quantitative estimate of drug-likeness (QED) is 0.823. The molecule has 0 unspecified atom stereocenters. The second-order valence-corrected chi connectivity index (χ2v) is 5.37. The first-order chi connectivity index (χ1) is 10.6. The number of benzene rings is 1. The zero-order valence-corrected chi connectivity index (χ0v) is 13.4. The molecule has 1 aromatic carbocycles. The molecular weight excluding hydrogens is 276 g/mol. The predicted octanol–water partition coefficient (Wildman–Crippen LogP) is 2.99. The second-order valence-electron chi connectivity index (χ2n) is 5.37. The molecule has 1 aromatic heterocycles. The molecule has 116 valence electrons. The zero-order chi connectivity index (χ0) is 15.9. The summed E-state index contributed by atoms with van der Waals surface area (Å²) in [6.07, 6.45) is 3.48. The Labute approximate surface area is 131 Å². The van der Waals surface area contributed by atoms with Gasteiger partial charge >= 0.3 is 0 Å². The van der Waals surface area contributed by atoms with E-state index in [1.165, 1.54) is 5.56 Å². The van der Waals surface area contributed by atoms with Gasteiger partial charge in [-0.05, 0) is 54.8 Å². The lowest BCUT2D eigenvalue weighted by atomic mass is 10.1. The molecule has 0 saturated carbocycles. The molecule has 22 heavy (non-hydrogen) atoms. The fraction of sp³-hybridized carbons (Fsp3) is 0.333. The highest BCUT2D eigenvalue weighted by molar-refractivity contribution is 5.94. The van der Waals surface area contributed by atoms with Crippen molar-refractivity contribution in [3.05, 3.63) is 65.0 Å². The molecule has 2 rings (SSSR count). The number of amides is 1. The van der Waals surface area contributed by atoms with E-state index in [2.05, 4.69) is 4.98 Å². The molecule has 2 aromatic rings. The van der Waals surface area contributed by atoms with Gasteiger partial charge in [0.1, 0.15) is 0 Å². The van der Waals surface area contributed by atoms with Gasteiger partial charge in [0.15, 0.2) is 0 Å². The Balaban J connectivity index is 2.19. The van der Waals surface area contributed by atoms with E-state index in [1.54, 1.807) is 19.5 Å². The Hall–Kier alpha value is -2.20. The maximum Gasteiger partial charge on any atom is 0.254 e. The van der Waals surface area contributed by atoms with Crippen LogP contribution in [0.15, 0.2) is 42.7 Å². The average Bonchev–Trinajstić information content (AvgIpc) is 2.54. The van der Waals surface area contributed by atoms with Crippen LogP contribution in [0.2, 0.25) is 0 Å². The number of nitrogens with zero attached hydrogens (tertiary/aromatic N) is 2. The molecule has 0 atom stereocenters. The molecule has 0 aliphatic rings. The third-order valence-electron chi connectivity index (χ3n) is 3.73. The summed E-state index contributed by atoms with van der Waals surface area (Å²) in [5.74, 6) is 0.0250. The largest absolute Gasteiger partial charge is 0.383 e. The number of pyridine rings is 1. The third kappa shape index (κ3) is 4.15. The van der Waals surface area contributed by atoms with E-state index < -0.39 is 0 Å². The minimum Gasteiger partial charge on any atom is -0.383 e. The molecule has 1 heterocycles. The van der Waals surface area contributed by atoms with Crippen LogP contribution in [0, 0.1) is 13.8 Å². The van der Waals surface area contributed by atoms with Crippen LogP contribution in [0.25, 0.3) is 0 Å². The molecule has 0 saturated heterocycles. The standard InChI is InChI=1S/C18H22N2O2/c1-14-4-5-17(12-15(14)2)18(21)20(10-11-22-3)13-16-6-8-19-9-7-16/h4-9,12H,10-11,13H2,1-3H3. The van der Waals surface area contributed by atoms with Gasteiger partial charge in [0, 0.05) is 38.2 Å². The summed E-state index contributed by atoms with van der Waals surface area (Å²) in [5.41, 5.74) is 4.09. The number of hydrogen-bond donors (Lipinski definition) is 0. The number of hydrogen-bond acceptors (Lipinski definition) is 3. The topological polar surface area (TPSA) is 42.4 Å². The molecule has 0 spiro atoms. The maximum absolute atomic E-state index is 12.8. The van der Waals surface area contributed by atoms with Crippen molar-refractivity contribution in [2.45, 2.75) is 20.4 Å². The van der Waals surface area contributed by atoms with E-state index in [4.69, 9.17) is 4.74 Å². The summed E-state index contributed by atoms with van der Waals surface area (Å²) in [7, 11) is 1.64. The lowest BCUT2D eigenvalue weighted by Crippen LogP contribution is -2.33. The lowest BCUT2D eigenvalue weighted by Gasteiger charge is -2.23. The molecule has 0 N–H and O–H groups in total. The van der Waals surface area contributed by atoms with Crippen molar-refractivity contribution in [2.75, 3.05) is 20.3 Å². The van der Waals surface area contributed by atoms with Crippen LogP contribution in [0.1, 0.15) is 27.0 Å². The van der Waals surface area contributed by atoms with Crippen molar-refractivity contribution in [1.29, 1.82) is 0 Å². The number of carbonyl (C=O) groups is 1. The van der Waals surface area contributed by atoms with E-state index >= 15 is 0 Å². The maximum atomic E-state index is 12.8. The number of rotatable bonds is 6. The molecule has 0 radical (unpaired) electrons. The van der Waals surface area contributed by atoms with Crippen LogP contribution in [0.5, 0.6) is 0 Å². The molecule has 0 aliphatic carbocycles. The second kappa shape index (κ2) is 7.71. The van der Waals surface area contributed by atoms with Crippen LogP contribution in [-0.2, 0) is 11.3 Å². The molecule has 4 heteroatoms. The summed E-state index contributed by atoms with van der Waals surface area (Å²) >= 11 is 0. The minimum absolute atomic E-state index is 0.0250. The van der Waals surface area contributed by atoms with Crippen molar-refractivity contribution in [3.63, 3.8) is 0 Å². The first-order valence-electron chi connectivity index (χ1n) is 7.36. The SMILES string of the molecule is COCCN(Cc1ccncc1)C(=O)c1ccc(C)c(C)c1. The van der Waals surface area contributed by atoms with E-state index in [0.717, 1.165) is 11.1 Å². The number of ether oxygens (including phenoxy) is 1. The number of aromatic nitrogens is 1.